The highest BCUT2D eigenvalue weighted by molar-refractivity contribution is 7.80. The lowest BCUT2D eigenvalue weighted by molar-refractivity contribution is -0.828. The first kappa shape index (κ1) is 12.3. The van der Waals surface area contributed by atoms with Crippen molar-refractivity contribution in [2.45, 2.75) is 12.8 Å². The van der Waals surface area contributed by atoms with Crippen LogP contribution in [0.3, 0.4) is 0 Å². The van der Waals surface area contributed by atoms with Gasteiger partial charge in [-0.1, -0.05) is 0 Å². The van der Waals surface area contributed by atoms with E-state index in [9.17, 15) is 4.79 Å². The maximum Gasteiger partial charge on any atom is 0.276 e. The van der Waals surface area contributed by atoms with Gasteiger partial charge in [0, 0.05) is 26.9 Å². The Kier molecular flexibility index (Phi) is 3.31. The highest BCUT2D eigenvalue weighted by atomic mass is 32.1. The molecule has 0 aliphatic carbocycles. The number of quaternary nitrogens is 1. The molecule has 0 aromatic carbocycles. The molecule has 0 radical (unpaired) electrons. The van der Waals surface area contributed by atoms with Crippen molar-refractivity contribution in [1.29, 1.82) is 0 Å². The first-order valence-corrected chi connectivity index (χ1v) is 6.22. The summed E-state index contributed by atoms with van der Waals surface area (Å²) >= 11 is 5.15. The van der Waals surface area contributed by atoms with Crippen molar-refractivity contribution in [3.63, 3.8) is 0 Å². The van der Waals surface area contributed by atoms with Crippen LogP contribution in [-0.4, -0.2) is 48.5 Å². The summed E-state index contributed by atoms with van der Waals surface area (Å²) in [6.07, 6.45) is 6.30. The van der Waals surface area contributed by atoms with Gasteiger partial charge in [0.05, 0.1) is 13.6 Å². The Morgan fingerprint density at radius 2 is 2.00 bits per heavy atom. The molecule has 0 saturated carbocycles. The molecule has 4 nitrogen and oxygen atoms in total. The number of carbonyl (C=O) groups is 1. The van der Waals surface area contributed by atoms with Gasteiger partial charge in [0.2, 0.25) is 0 Å². The van der Waals surface area contributed by atoms with Gasteiger partial charge in [-0.3, -0.25) is 9.69 Å². The molecule has 0 aromatic heterocycles. The number of hydrogen-bond donors (Lipinski definition) is 1. The number of hydrogen-bond acceptors (Lipinski definition) is 2. The van der Waals surface area contributed by atoms with E-state index in [-0.39, 0.29) is 5.91 Å². The number of thiocarbonyl (C=S) groups is 1. The number of allylic oxidation sites excluding steroid dienone is 3. The Hall–Kier alpha value is -1.20. The number of carbonyl (C=O) groups excluding carboxylic acids is 1. The Morgan fingerprint density at radius 3 is 2.47 bits per heavy atom. The van der Waals surface area contributed by atoms with Crippen LogP contribution in [0.25, 0.3) is 0 Å². The molecular weight excluding hydrogens is 234 g/mol. The second-order valence-corrected chi connectivity index (χ2v) is 4.95. The zero-order valence-electron chi connectivity index (χ0n) is 10.5. The number of amides is 1. The summed E-state index contributed by atoms with van der Waals surface area (Å²) in [6.45, 7) is 1.18. The summed E-state index contributed by atoms with van der Waals surface area (Å²) in [6, 6.07) is 0. The summed E-state index contributed by atoms with van der Waals surface area (Å²) in [7, 11) is 5.70. The quantitative estimate of drug-likeness (QED) is 0.515. The van der Waals surface area contributed by atoms with Crippen LogP contribution in [0.5, 0.6) is 0 Å². The number of likely N-dealkylation sites (tertiary alicyclic amines) is 1. The van der Waals surface area contributed by atoms with Gasteiger partial charge >= 0.3 is 0 Å². The third-order valence-electron chi connectivity index (χ3n) is 3.45. The van der Waals surface area contributed by atoms with Crippen molar-refractivity contribution < 1.29 is 9.69 Å². The number of rotatable bonds is 1. The molecule has 2 aliphatic rings. The molecule has 2 rings (SSSR count). The monoisotopic (exact) mass is 252 g/mol. The molecule has 2 heterocycles. The SMILES string of the molecule is CN1C(=O)/C(=C/C=C2\CCC[NH+]2C)N(C)C1=S. The van der Waals surface area contributed by atoms with Crippen molar-refractivity contribution >= 4 is 23.2 Å². The largest absolute Gasteiger partial charge is 0.317 e. The molecule has 1 atom stereocenters. The van der Waals surface area contributed by atoms with Crippen molar-refractivity contribution in [2.24, 2.45) is 0 Å². The van der Waals surface area contributed by atoms with E-state index in [1.165, 1.54) is 28.5 Å². The van der Waals surface area contributed by atoms with Gasteiger partial charge in [0.25, 0.3) is 5.91 Å². The number of nitrogens with zero attached hydrogens (tertiary/aromatic N) is 2. The molecule has 0 aromatic rings. The summed E-state index contributed by atoms with van der Waals surface area (Å²) < 4.78 is 0. The first-order chi connectivity index (χ1) is 8.02. The molecule has 1 N–H and O–H groups in total. The minimum atomic E-state index is -0.0231. The Labute approximate surface area is 107 Å². The lowest BCUT2D eigenvalue weighted by atomic mass is 10.2. The standard InChI is InChI=1S/C12H17N3OS/c1-13-8-4-5-9(13)6-7-10-11(16)15(3)12(17)14(10)2/h6-7H,4-5,8H2,1-3H3/p+1/b9-6+,10-7-. The highest BCUT2D eigenvalue weighted by Crippen LogP contribution is 2.18. The highest BCUT2D eigenvalue weighted by Gasteiger charge is 2.32. The van der Waals surface area contributed by atoms with Crippen LogP contribution in [0.1, 0.15) is 12.8 Å². The van der Waals surface area contributed by atoms with Gasteiger partial charge in [-0.05, 0) is 24.4 Å². The van der Waals surface area contributed by atoms with Crippen molar-refractivity contribution in [3.8, 4) is 0 Å². The van der Waals surface area contributed by atoms with Crippen LogP contribution in [0, 0.1) is 0 Å². The smallest absolute Gasteiger partial charge is 0.276 e. The van der Waals surface area contributed by atoms with Gasteiger partial charge in [-0.2, -0.15) is 0 Å². The van der Waals surface area contributed by atoms with Crippen LogP contribution in [-0.2, 0) is 4.79 Å². The van der Waals surface area contributed by atoms with E-state index in [1.54, 1.807) is 11.9 Å². The van der Waals surface area contributed by atoms with E-state index in [2.05, 4.69) is 13.1 Å². The first-order valence-electron chi connectivity index (χ1n) is 5.81. The fourth-order valence-corrected chi connectivity index (χ4v) is 2.42. The maximum absolute atomic E-state index is 11.9. The fraction of sp³-hybridized carbons (Fsp3) is 0.500. The lowest BCUT2D eigenvalue weighted by Crippen LogP contribution is -3.04. The minimum absolute atomic E-state index is 0.0231. The van der Waals surface area contributed by atoms with Gasteiger partial charge in [0.1, 0.15) is 11.4 Å². The van der Waals surface area contributed by atoms with Gasteiger partial charge in [0.15, 0.2) is 5.11 Å². The van der Waals surface area contributed by atoms with Crippen LogP contribution >= 0.6 is 12.2 Å². The molecule has 2 aliphatic heterocycles. The fourth-order valence-electron chi connectivity index (χ4n) is 2.24. The predicted octanol–water partition coefficient (Wildman–Crippen LogP) is -0.249. The zero-order chi connectivity index (χ0) is 12.6. The van der Waals surface area contributed by atoms with E-state index in [4.69, 9.17) is 12.2 Å². The second-order valence-electron chi connectivity index (χ2n) is 4.58. The van der Waals surface area contributed by atoms with Crippen molar-refractivity contribution in [3.05, 3.63) is 23.5 Å². The molecule has 2 fully saturated rings. The third-order valence-corrected chi connectivity index (χ3v) is 4.00. The summed E-state index contributed by atoms with van der Waals surface area (Å²) in [5, 5.41) is 0.562. The Morgan fingerprint density at radius 1 is 1.29 bits per heavy atom. The predicted molar refractivity (Wildman–Crippen MR) is 70.3 cm³/mol. The molecule has 17 heavy (non-hydrogen) atoms. The summed E-state index contributed by atoms with van der Waals surface area (Å²) in [4.78, 5) is 16.6. The summed E-state index contributed by atoms with van der Waals surface area (Å²) in [5.74, 6) is -0.0231. The zero-order valence-corrected chi connectivity index (χ0v) is 11.3. The normalized spacial score (nSPS) is 30.2. The molecule has 1 unspecified atom stereocenters. The van der Waals surface area contributed by atoms with Crippen molar-refractivity contribution in [1.82, 2.24) is 9.80 Å². The molecule has 0 bridgehead atoms. The van der Waals surface area contributed by atoms with Crippen LogP contribution in [0.2, 0.25) is 0 Å². The minimum Gasteiger partial charge on any atom is -0.317 e. The number of likely N-dealkylation sites (N-methyl/N-ethyl adjacent to an activating group) is 2. The van der Waals surface area contributed by atoms with E-state index in [0.717, 1.165) is 6.42 Å². The van der Waals surface area contributed by atoms with E-state index < -0.39 is 0 Å². The van der Waals surface area contributed by atoms with Gasteiger partial charge in [-0.25, -0.2) is 0 Å². The van der Waals surface area contributed by atoms with Crippen LogP contribution < -0.4 is 4.90 Å². The molecule has 1 amide bonds. The maximum atomic E-state index is 11.9. The average molecular weight is 252 g/mol. The van der Waals surface area contributed by atoms with Gasteiger partial charge in [-0.15, -0.1) is 0 Å². The molecule has 2 saturated heterocycles. The second kappa shape index (κ2) is 4.58. The molecular formula is C12H18N3OS+. The van der Waals surface area contributed by atoms with Crippen molar-refractivity contribution in [2.75, 3.05) is 27.7 Å². The topological polar surface area (TPSA) is 28.0 Å². The number of nitrogens with one attached hydrogen (secondary N) is 1. The van der Waals surface area contributed by atoms with Gasteiger partial charge < -0.3 is 9.80 Å². The molecule has 5 heteroatoms. The van der Waals surface area contributed by atoms with E-state index in [0.29, 0.717) is 10.8 Å². The third kappa shape index (κ3) is 2.12. The van der Waals surface area contributed by atoms with Crippen LogP contribution in [0.15, 0.2) is 23.5 Å². The van der Waals surface area contributed by atoms with E-state index >= 15 is 0 Å². The van der Waals surface area contributed by atoms with E-state index in [1.807, 2.05) is 13.1 Å². The molecule has 92 valence electrons. The Bertz CT molecular complexity index is 427. The molecule has 0 spiro atoms. The lowest BCUT2D eigenvalue weighted by Gasteiger charge is -2.10. The van der Waals surface area contributed by atoms with Crippen LogP contribution in [0.4, 0.5) is 0 Å². The average Bonchev–Trinajstić information content (AvgIpc) is 2.78. The summed E-state index contributed by atoms with van der Waals surface area (Å²) in [5.41, 5.74) is 2.02. The Balaban J connectivity index is 2.23.